The molecule has 1 rings (SSSR count). The van der Waals surface area contributed by atoms with Gasteiger partial charge in [-0.05, 0) is 0 Å². The summed E-state index contributed by atoms with van der Waals surface area (Å²) in [6.45, 7) is 4.76. The molecule has 0 aromatic heterocycles. The summed E-state index contributed by atoms with van der Waals surface area (Å²) in [5.74, 6) is -0.00343. The van der Waals surface area contributed by atoms with E-state index in [9.17, 15) is 0 Å². The van der Waals surface area contributed by atoms with E-state index in [1.165, 1.54) is 10.5 Å². The Morgan fingerprint density at radius 2 is 2.33 bits per heavy atom. The van der Waals surface area contributed by atoms with Crippen molar-refractivity contribution in [3.8, 4) is 0 Å². The minimum absolute atomic E-state index is 0.304. The molecule has 0 bridgehead atoms. The van der Waals surface area contributed by atoms with Gasteiger partial charge in [-0.2, -0.15) is 0 Å². The molecule has 0 radical (unpaired) electrons. The summed E-state index contributed by atoms with van der Waals surface area (Å²) in [5.41, 5.74) is 0. The zero-order valence-corrected chi connectivity index (χ0v) is 9.64. The van der Waals surface area contributed by atoms with Crippen molar-refractivity contribution in [2.45, 2.75) is 24.0 Å². The fourth-order valence-electron chi connectivity index (χ4n) is 1.21. The van der Waals surface area contributed by atoms with Crippen molar-refractivity contribution in [2.24, 2.45) is 5.92 Å². The van der Waals surface area contributed by atoms with E-state index in [2.05, 4.69) is 13.5 Å². The van der Waals surface area contributed by atoms with E-state index in [1.54, 1.807) is 0 Å². The van der Waals surface area contributed by atoms with Crippen molar-refractivity contribution < 1.29 is 4.43 Å². The molecule has 9 heavy (non-hydrogen) atoms. The normalized spacial score (nSPS) is 43.7. The Morgan fingerprint density at radius 3 is 2.56 bits per heavy atom. The Morgan fingerprint density at radius 1 is 1.67 bits per heavy atom. The van der Waals surface area contributed by atoms with Crippen molar-refractivity contribution >= 4 is 26.0 Å². The molecular weight excluding hydrogens is 244 g/mol. The van der Waals surface area contributed by atoms with Gasteiger partial charge in [0.25, 0.3) is 0 Å². The van der Waals surface area contributed by atoms with Crippen LogP contribution >= 0.6 is 0 Å². The van der Waals surface area contributed by atoms with Crippen LogP contribution in [-0.2, 0) is 4.43 Å². The first-order valence-corrected chi connectivity index (χ1v) is 11.0. The second-order valence-electron chi connectivity index (χ2n) is 2.96. The van der Waals surface area contributed by atoms with Crippen molar-refractivity contribution in [2.75, 3.05) is 7.11 Å². The van der Waals surface area contributed by atoms with Crippen LogP contribution in [0.2, 0.25) is 17.1 Å². The first-order valence-electron chi connectivity index (χ1n) is 3.35. The monoisotopic (exact) mass is 260 g/mol. The van der Waals surface area contributed by atoms with Crippen LogP contribution in [0.4, 0.5) is 0 Å². The van der Waals surface area contributed by atoms with Gasteiger partial charge in [-0.1, -0.05) is 0 Å². The molecule has 0 saturated carbocycles. The van der Waals surface area contributed by atoms with Gasteiger partial charge in [-0.25, -0.2) is 0 Å². The summed E-state index contributed by atoms with van der Waals surface area (Å²) in [6.07, 6.45) is 0. The van der Waals surface area contributed by atoms with Crippen LogP contribution in [0, 0.1) is 5.92 Å². The number of hydrogen-bond acceptors (Lipinski definition) is 1. The Kier molecular flexibility index (Phi) is 2.61. The third-order valence-corrected chi connectivity index (χ3v) is 16.0. The molecule has 1 aliphatic rings. The van der Waals surface area contributed by atoms with Gasteiger partial charge in [0.1, 0.15) is 0 Å². The zero-order valence-electron chi connectivity index (χ0n) is 6.31. The zero-order chi connectivity index (χ0) is 6.91. The van der Waals surface area contributed by atoms with E-state index in [4.69, 9.17) is 4.43 Å². The van der Waals surface area contributed by atoms with Crippen molar-refractivity contribution in [3.05, 3.63) is 0 Å². The van der Waals surface area contributed by atoms with Crippen LogP contribution < -0.4 is 0 Å². The predicted molar refractivity (Wildman–Crippen MR) is 43.2 cm³/mol. The first-order chi connectivity index (χ1) is 4.16. The van der Waals surface area contributed by atoms with Crippen molar-refractivity contribution in [1.82, 2.24) is 0 Å². The van der Waals surface area contributed by atoms with Gasteiger partial charge in [0.2, 0.25) is 0 Å². The van der Waals surface area contributed by atoms with Crippen molar-refractivity contribution in [1.29, 1.82) is 0 Å². The molecule has 0 amide bonds. The molecule has 1 aliphatic heterocycles. The molecule has 2 unspecified atom stereocenters. The number of rotatable bonds is 1. The van der Waals surface area contributed by atoms with Crippen LogP contribution in [-0.4, -0.2) is 33.1 Å². The fraction of sp³-hybridized carbons (Fsp3) is 1.00. The molecule has 0 aromatic rings. The van der Waals surface area contributed by atoms with E-state index in [0.29, 0.717) is 20.1 Å². The Balaban J connectivity index is 2.45. The average Bonchev–Trinajstić information content (AvgIpc) is 2.13. The quantitative estimate of drug-likeness (QED) is 0.647. The molecular formula is C6H14OSiTe. The van der Waals surface area contributed by atoms with E-state index >= 15 is 0 Å². The summed E-state index contributed by atoms with van der Waals surface area (Å²) >= 11 is 0.304. The molecule has 3 heteroatoms. The standard InChI is InChI=1S/C6H14OSiTe/c1-6-4-8(3,7-2)9-5-6/h6H,4-5H2,1-3H3. The van der Waals surface area contributed by atoms with Gasteiger partial charge in [-0.15, -0.1) is 0 Å². The Hall–Kier alpha value is 0.966. The predicted octanol–water partition coefficient (Wildman–Crippen LogP) is 1.48. The van der Waals surface area contributed by atoms with E-state index in [1.807, 2.05) is 7.11 Å². The van der Waals surface area contributed by atoms with Gasteiger partial charge in [0.15, 0.2) is 0 Å². The summed E-state index contributed by atoms with van der Waals surface area (Å²) in [6, 6.07) is 1.44. The maximum absolute atomic E-state index is 5.57. The summed E-state index contributed by atoms with van der Waals surface area (Å²) in [7, 11) is 1.91. The van der Waals surface area contributed by atoms with Crippen molar-refractivity contribution in [3.63, 3.8) is 0 Å². The maximum atomic E-state index is 5.57. The topological polar surface area (TPSA) is 9.23 Å². The van der Waals surface area contributed by atoms with Gasteiger partial charge < -0.3 is 0 Å². The van der Waals surface area contributed by atoms with Crippen LogP contribution in [0.25, 0.3) is 0 Å². The molecule has 54 valence electrons. The van der Waals surface area contributed by atoms with Crippen LogP contribution in [0.1, 0.15) is 6.92 Å². The second kappa shape index (κ2) is 2.92. The molecule has 1 nitrogen and oxygen atoms in total. The van der Waals surface area contributed by atoms with E-state index in [0.717, 1.165) is 5.92 Å². The second-order valence-corrected chi connectivity index (χ2v) is 17.1. The van der Waals surface area contributed by atoms with E-state index in [-0.39, 0.29) is 0 Å². The van der Waals surface area contributed by atoms with Crippen LogP contribution in [0.3, 0.4) is 0 Å². The molecule has 1 fully saturated rings. The Bertz CT molecular complexity index is 109. The third kappa shape index (κ3) is 1.94. The van der Waals surface area contributed by atoms with Gasteiger partial charge in [-0.3, -0.25) is 0 Å². The molecule has 0 spiro atoms. The minimum atomic E-state index is -0.993. The van der Waals surface area contributed by atoms with E-state index < -0.39 is 5.87 Å². The summed E-state index contributed by atoms with van der Waals surface area (Å²) in [5, 5.41) is 0. The average molecular weight is 258 g/mol. The van der Waals surface area contributed by atoms with Crippen LogP contribution in [0.5, 0.6) is 0 Å². The first kappa shape index (κ1) is 8.07. The summed E-state index contributed by atoms with van der Waals surface area (Å²) in [4.78, 5) is 0. The summed E-state index contributed by atoms with van der Waals surface area (Å²) < 4.78 is 7.10. The van der Waals surface area contributed by atoms with Gasteiger partial charge in [0, 0.05) is 0 Å². The molecule has 0 aliphatic carbocycles. The molecule has 1 heterocycles. The molecule has 0 aromatic carbocycles. The molecule has 2 atom stereocenters. The molecule has 0 N–H and O–H groups in total. The number of hydrogen-bond donors (Lipinski definition) is 0. The third-order valence-electron chi connectivity index (χ3n) is 1.82. The fourth-order valence-corrected chi connectivity index (χ4v) is 14.6. The van der Waals surface area contributed by atoms with Gasteiger partial charge >= 0.3 is 67.4 Å². The Labute approximate surface area is 67.5 Å². The van der Waals surface area contributed by atoms with Crippen LogP contribution in [0.15, 0.2) is 0 Å². The van der Waals surface area contributed by atoms with Gasteiger partial charge in [0.05, 0.1) is 0 Å². The molecule has 1 saturated heterocycles. The SMILES string of the molecule is CO[Si]1(C)CC(C)C[Te]1.